The molecule has 0 aliphatic carbocycles. The van der Waals surface area contributed by atoms with Crippen molar-refractivity contribution in [2.75, 3.05) is 11.9 Å². The van der Waals surface area contributed by atoms with E-state index < -0.39 is 18.0 Å². The Hall–Kier alpha value is -1.67. The lowest BCUT2D eigenvalue weighted by Crippen LogP contribution is -2.46. The van der Waals surface area contributed by atoms with E-state index in [1.165, 1.54) is 0 Å². The first-order valence-corrected chi connectivity index (χ1v) is 6.44. The van der Waals surface area contributed by atoms with Crippen molar-refractivity contribution in [3.63, 3.8) is 0 Å². The van der Waals surface area contributed by atoms with Crippen molar-refractivity contribution in [3.05, 3.63) is 22.8 Å². The van der Waals surface area contributed by atoms with E-state index >= 15 is 0 Å². The van der Waals surface area contributed by atoms with Gasteiger partial charge in [-0.15, -0.1) is 0 Å². The third-order valence-corrected chi connectivity index (χ3v) is 3.57. The first kappa shape index (κ1) is 12.4. The summed E-state index contributed by atoms with van der Waals surface area (Å²) in [5, 5.41) is 11.6. The van der Waals surface area contributed by atoms with Gasteiger partial charge >= 0.3 is 6.09 Å². The van der Waals surface area contributed by atoms with Gasteiger partial charge in [0.15, 0.2) is 0 Å². The van der Waals surface area contributed by atoms with E-state index in [0.29, 0.717) is 10.4 Å². The molecule has 3 atom stereocenters. The number of hydrogen-bond acceptors (Lipinski definition) is 4. The number of pyridine rings is 1. The summed E-state index contributed by atoms with van der Waals surface area (Å²) in [7, 11) is 0. The van der Waals surface area contributed by atoms with Crippen LogP contribution < -0.4 is 5.32 Å². The summed E-state index contributed by atoms with van der Waals surface area (Å²) in [5.41, 5.74) is 0. The van der Waals surface area contributed by atoms with Gasteiger partial charge < -0.3 is 15.2 Å². The van der Waals surface area contributed by atoms with Gasteiger partial charge in [-0.3, -0.25) is 9.69 Å². The number of rotatable bonds is 2. The highest BCUT2D eigenvalue weighted by molar-refractivity contribution is 9.10. The Morgan fingerprint density at radius 2 is 2.32 bits per heavy atom. The van der Waals surface area contributed by atoms with Gasteiger partial charge in [-0.25, -0.2) is 9.78 Å². The molecule has 0 saturated carbocycles. The van der Waals surface area contributed by atoms with Gasteiger partial charge in [0.05, 0.1) is 6.54 Å². The SMILES string of the molecule is O=C(Nc1cccc(Br)n1)C1C2OC2CN1C(=O)O. The molecule has 2 aliphatic heterocycles. The number of morpholine rings is 1. The standard InChI is InChI=1S/C11H10BrN3O4/c12-6-2-1-3-7(13-6)14-10(16)8-9-5(19-9)4-15(8)11(17)18/h1-3,5,8-9H,4H2,(H,17,18)(H,13,14,16). The third-order valence-electron chi connectivity index (χ3n) is 3.13. The van der Waals surface area contributed by atoms with Crippen LogP contribution in [-0.2, 0) is 9.53 Å². The second-order valence-electron chi connectivity index (χ2n) is 4.35. The highest BCUT2D eigenvalue weighted by atomic mass is 79.9. The molecule has 0 spiro atoms. The fourth-order valence-corrected chi connectivity index (χ4v) is 2.58. The van der Waals surface area contributed by atoms with Crippen LogP contribution in [0.3, 0.4) is 0 Å². The highest BCUT2D eigenvalue weighted by Gasteiger charge is 2.59. The van der Waals surface area contributed by atoms with Gasteiger partial charge in [0.2, 0.25) is 0 Å². The number of halogens is 1. The Morgan fingerprint density at radius 1 is 1.53 bits per heavy atom. The number of nitrogens with one attached hydrogen (secondary N) is 1. The normalized spacial score (nSPS) is 27.8. The number of hydrogen-bond donors (Lipinski definition) is 2. The van der Waals surface area contributed by atoms with Crippen molar-refractivity contribution in [1.29, 1.82) is 0 Å². The molecule has 2 amide bonds. The van der Waals surface area contributed by atoms with Crippen LogP contribution in [0, 0.1) is 0 Å². The minimum atomic E-state index is -1.11. The third kappa shape index (κ3) is 2.28. The van der Waals surface area contributed by atoms with E-state index in [2.05, 4.69) is 26.2 Å². The molecule has 3 heterocycles. The zero-order chi connectivity index (χ0) is 13.6. The lowest BCUT2D eigenvalue weighted by Gasteiger charge is -2.22. The van der Waals surface area contributed by atoms with Gasteiger partial charge in [0.1, 0.15) is 28.7 Å². The van der Waals surface area contributed by atoms with Crippen LogP contribution in [0.1, 0.15) is 0 Å². The minimum absolute atomic E-state index is 0.151. The van der Waals surface area contributed by atoms with Gasteiger partial charge in [0, 0.05) is 0 Å². The average Bonchev–Trinajstić information content (AvgIpc) is 2.99. The molecular formula is C11H10BrN3O4. The monoisotopic (exact) mass is 327 g/mol. The number of amides is 2. The Labute approximate surface area is 116 Å². The van der Waals surface area contributed by atoms with Crippen molar-refractivity contribution in [2.24, 2.45) is 0 Å². The van der Waals surface area contributed by atoms with Gasteiger partial charge in [-0.1, -0.05) is 6.07 Å². The molecule has 1 aromatic rings. The molecule has 7 nitrogen and oxygen atoms in total. The fourth-order valence-electron chi connectivity index (χ4n) is 2.23. The summed E-state index contributed by atoms with van der Waals surface area (Å²) in [6.07, 6.45) is -1.59. The van der Waals surface area contributed by atoms with E-state index in [4.69, 9.17) is 9.84 Å². The number of nitrogens with zero attached hydrogens (tertiary/aromatic N) is 2. The highest BCUT2D eigenvalue weighted by Crippen LogP contribution is 2.36. The second-order valence-corrected chi connectivity index (χ2v) is 5.17. The average molecular weight is 328 g/mol. The largest absolute Gasteiger partial charge is 0.465 e. The molecule has 19 heavy (non-hydrogen) atoms. The van der Waals surface area contributed by atoms with Crippen LogP contribution in [0.15, 0.2) is 22.8 Å². The lowest BCUT2D eigenvalue weighted by molar-refractivity contribution is -0.121. The van der Waals surface area contributed by atoms with E-state index in [1.807, 2.05) is 0 Å². The maximum absolute atomic E-state index is 12.1. The number of likely N-dealkylation sites (tertiary alicyclic amines) is 1. The van der Waals surface area contributed by atoms with Crippen LogP contribution in [0.2, 0.25) is 0 Å². The minimum Gasteiger partial charge on any atom is -0.465 e. The van der Waals surface area contributed by atoms with Crippen LogP contribution in [0.4, 0.5) is 10.6 Å². The molecule has 8 heteroatoms. The number of carbonyl (C=O) groups is 2. The number of ether oxygens (including phenoxy) is 1. The molecule has 100 valence electrons. The number of aromatic nitrogens is 1. The zero-order valence-electron chi connectivity index (χ0n) is 9.62. The van der Waals surface area contributed by atoms with Gasteiger partial charge in [0.25, 0.3) is 5.91 Å². The summed E-state index contributed by atoms with van der Waals surface area (Å²) in [6, 6.07) is 4.29. The second kappa shape index (κ2) is 4.46. The van der Waals surface area contributed by atoms with Gasteiger partial charge in [-0.05, 0) is 28.1 Å². The predicted octanol–water partition coefficient (Wildman–Crippen LogP) is 0.912. The van der Waals surface area contributed by atoms with E-state index in [0.717, 1.165) is 4.90 Å². The van der Waals surface area contributed by atoms with E-state index in [-0.39, 0.29) is 18.8 Å². The number of carboxylic acid groups (broad SMARTS) is 1. The summed E-state index contributed by atoms with van der Waals surface area (Å²) in [6.45, 7) is 0.240. The molecular weight excluding hydrogens is 318 g/mol. The lowest BCUT2D eigenvalue weighted by atomic mass is 10.2. The molecule has 3 unspecified atom stereocenters. The molecule has 0 bridgehead atoms. The van der Waals surface area contributed by atoms with Crippen LogP contribution >= 0.6 is 15.9 Å². The number of anilines is 1. The number of carbonyl (C=O) groups excluding carboxylic acids is 1. The van der Waals surface area contributed by atoms with Crippen molar-refractivity contribution in [3.8, 4) is 0 Å². The van der Waals surface area contributed by atoms with E-state index in [1.54, 1.807) is 18.2 Å². The Kier molecular flexibility index (Phi) is 2.90. The smallest absolute Gasteiger partial charge is 0.408 e. The van der Waals surface area contributed by atoms with Crippen molar-refractivity contribution in [1.82, 2.24) is 9.88 Å². The van der Waals surface area contributed by atoms with Crippen molar-refractivity contribution >= 4 is 33.7 Å². The quantitative estimate of drug-likeness (QED) is 0.622. The summed E-state index contributed by atoms with van der Waals surface area (Å²) in [5.74, 6) is -0.0492. The summed E-state index contributed by atoms with van der Waals surface area (Å²) >= 11 is 3.20. The summed E-state index contributed by atoms with van der Waals surface area (Å²) in [4.78, 5) is 28.4. The predicted molar refractivity (Wildman–Crippen MR) is 67.7 cm³/mol. The molecule has 0 aromatic carbocycles. The first-order chi connectivity index (χ1) is 9.06. The summed E-state index contributed by atoms with van der Waals surface area (Å²) < 4.78 is 5.82. The van der Waals surface area contributed by atoms with Crippen molar-refractivity contribution < 1.29 is 19.4 Å². The van der Waals surface area contributed by atoms with Crippen LogP contribution in [-0.4, -0.2) is 51.8 Å². The molecule has 0 radical (unpaired) electrons. The maximum Gasteiger partial charge on any atom is 0.408 e. The fraction of sp³-hybridized carbons (Fsp3) is 0.364. The molecule has 2 fully saturated rings. The van der Waals surface area contributed by atoms with Crippen LogP contribution in [0.25, 0.3) is 0 Å². The number of epoxide rings is 1. The molecule has 2 aliphatic rings. The molecule has 1 aromatic heterocycles. The van der Waals surface area contributed by atoms with Gasteiger partial charge in [-0.2, -0.15) is 0 Å². The first-order valence-electron chi connectivity index (χ1n) is 5.65. The molecule has 3 rings (SSSR count). The molecule has 2 N–H and O–H groups in total. The Bertz CT molecular complexity index is 552. The zero-order valence-corrected chi connectivity index (χ0v) is 11.2. The van der Waals surface area contributed by atoms with Crippen LogP contribution in [0.5, 0.6) is 0 Å². The Morgan fingerprint density at radius 3 is 3.00 bits per heavy atom. The van der Waals surface area contributed by atoms with Crippen molar-refractivity contribution in [2.45, 2.75) is 18.2 Å². The van der Waals surface area contributed by atoms with E-state index in [9.17, 15) is 9.59 Å². The Balaban J connectivity index is 1.74. The topological polar surface area (TPSA) is 95.1 Å². The maximum atomic E-state index is 12.1. The number of fused-ring (bicyclic) bond motifs is 1. The molecule has 2 saturated heterocycles.